The lowest BCUT2D eigenvalue weighted by molar-refractivity contribution is -0.122. The zero-order valence-electron chi connectivity index (χ0n) is 28.2. The molecule has 3 aliphatic rings. The summed E-state index contributed by atoms with van der Waals surface area (Å²) in [6, 6.07) is 8.72. The van der Waals surface area contributed by atoms with Gasteiger partial charge in [0.25, 0.3) is 17.7 Å². The number of halogens is 4. The quantitative estimate of drug-likeness (QED) is 0.229. The minimum absolute atomic E-state index is 0.0313. The number of aromatic nitrogens is 2. The van der Waals surface area contributed by atoms with E-state index in [1.165, 1.54) is 23.0 Å². The number of piperazine rings is 1. The Morgan fingerprint density at radius 3 is 2.32 bits per heavy atom. The van der Waals surface area contributed by atoms with Gasteiger partial charge in [-0.1, -0.05) is 23.7 Å². The van der Waals surface area contributed by atoms with Crippen LogP contribution in [-0.2, 0) is 24.8 Å². The summed E-state index contributed by atoms with van der Waals surface area (Å²) in [6.45, 7) is 3.27. The number of carbonyl (C=O) groups is 5. The van der Waals surface area contributed by atoms with Crippen LogP contribution in [0.2, 0.25) is 10.2 Å². The standard InChI is InChI=1S/C35H32Cl2F2N8O6/c1-43-30(25(36)16-40-43)24-15-28(53-31(24)37)32(49)41-21(12-19-3-5-26(38)27(39)14-19)18-45-10-8-44(9-11-45)17-20-2-4-22-23(13-20)34(51)47(33(22)50)46-7-6-29(48)42-35(46)52/h2-5,13-16,21H,6-12,17-18H2,1H3,(H,41,49)(H,42,48,52)/t21-/m0/s1. The van der Waals surface area contributed by atoms with Crippen LogP contribution in [0.3, 0.4) is 0 Å². The monoisotopic (exact) mass is 768 g/mol. The first-order valence-electron chi connectivity index (χ1n) is 16.7. The lowest BCUT2D eigenvalue weighted by atomic mass is 10.0. The molecule has 2 aromatic heterocycles. The Labute approximate surface area is 311 Å². The molecule has 0 radical (unpaired) electrons. The molecule has 0 aliphatic carbocycles. The first-order chi connectivity index (χ1) is 25.4. The highest BCUT2D eigenvalue weighted by molar-refractivity contribution is 6.35. The second kappa shape index (κ2) is 14.7. The molecule has 2 fully saturated rings. The fraction of sp³-hybridized carbons (Fsp3) is 0.314. The SMILES string of the molecule is Cn1ncc(Cl)c1-c1cc(C(=O)N[C@@H](Cc2ccc(F)c(F)c2)CN2CCN(Cc3ccc4c(c3)C(=O)N(N3CCC(=O)NC3=O)C4=O)CC2)oc1Cl. The molecule has 0 unspecified atom stereocenters. The molecular formula is C35H32Cl2F2N8O6. The topological polar surface area (TPSA) is 153 Å². The first-order valence-corrected chi connectivity index (χ1v) is 17.4. The molecule has 53 heavy (non-hydrogen) atoms. The largest absolute Gasteiger partial charge is 0.439 e. The summed E-state index contributed by atoms with van der Waals surface area (Å²) < 4.78 is 34.9. The van der Waals surface area contributed by atoms with E-state index in [1.54, 1.807) is 25.2 Å². The van der Waals surface area contributed by atoms with E-state index in [0.717, 1.165) is 27.7 Å². The molecule has 0 bridgehead atoms. The van der Waals surface area contributed by atoms with Crippen LogP contribution in [0.4, 0.5) is 13.6 Å². The molecule has 0 spiro atoms. The number of furan rings is 1. The van der Waals surface area contributed by atoms with E-state index >= 15 is 0 Å². The van der Waals surface area contributed by atoms with Crippen molar-refractivity contribution in [3.05, 3.63) is 98.6 Å². The Hall–Kier alpha value is -5.16. The van der Waals surface area contributed by atoms with Gasteiger partial charge < -0.3 is 9.73 Å². The zero-order chi connectivity index (χ0) is 37.6. The van der Waals surface area contributed by atoms with E-state index in [2.05, 4.69) is 25.5 Å². The van der Waals surface area contributed by atoms with Crippen molar-refractivity contribution in [1.82, 2.24) is 40.2 Å². The summed E-state index contributed by atoms with van der Waals surface area (Å²) in [4.78, 5) is 68.0. The van der Waals surface area contributed by atoms with Crippen molar-refractivity contribution in [2.24, 2.45) is 7.05 Å². The van der Waals surface area contributed by atoms with Gasteiger partial charge in [0.1, 0.15) is 0 Å². The number of nitrogens with one attached hydrogen (secondary N) is 2. The second-order valence-corrected chi connectivity index (χ2v) is 13.7. The van der Waals surface area contributed by atoms with E-state index in [4.69, 9.17) is 27.6 Å². The lowest BCUT2D eigenvalue weighted by Crippen LogP contribution is -2.58. The number of benzene rings is 2. The summed E-state index contributed by atoms with van der Waals surface area (Å²) in [6.07, 6.45) is 1.62. The van der Waals surface area contributed by atoms with Crippen LogP contribution in [0, 0.1) is 11.6 Å². The normalized spacial score (nSPS) is 17.4. The van der Waals surface area contributed by atoms with Crippen LogP contribution >= 0.6 is 23.2 Å². The summed E-state index contributed by atoms with van der Waals surface area (Å²) in [5.74, 6) is -4.32. The number of hydrogen-bond acceptors (Lipinski definition) is 9. The molecule has 18 heteroatoms. The maximum Gasteiger partial charge on any atom is 0.343 e. The van der Waals surface area contributed by atoms with Crippen LogP contribution in [-0.4, -0.2) is 105 Å². The molecule has 6 amide bonds. The maximum atomic E-state index is 14.1. The third-order valence-corrected chi connectivity index (χ3v) is 9.97. The molecule has 5 heterocycles. The molecule has 1 atom stereocenters. The first kappa shape index (κ1) is 36.2. The number of fused-ring (bicyclic) bond motifs is 1. The van der Waals surface area contributed by atoms with Crippen molar-refractivity contribution in [2.45, 2.75) is 25.4 Å². The fourth-order valence-corrected chi connectivity index (χ4v) is 7.26. The summed E-state index contributed by atoms with van der Waals surface area (Å²) in [5, 5.41) is 11.2. The predicted molar refractivity (Wildman–Crippen MR) is 186 cm³/mol. The molecule has 3 aliphatic heterocycles. The number of hydrazine groups is 1. The number of nitrogens with zero attached hydrogens (tertiary/aromatic N) is 6. The van der Waals surface area contributed by atoms with Crippen LogP contribution < -0.4 is 10.6 Å². The number of imide groups is 2. The Balaban J connectivity index is 0.999. The predicted octanol–water partition coefficient (Wildman–Crippen LogP) is 3.88. The van der Waals surface area contributed by atoms with Crippen molar-refractivity contribution in [3.63, 3.8) is 0 Å². The fourth-order valence-electron chi connectivity index (χ4n) is 6.76. The number of hydrogen-bond donors (Lipinski definition) is 2. The van der Waals surface area contributed by atoms with Crippen LogP contribution in [0.15, 0.2) is 53.1 Å². The van der Waals surface area contributed by atoms with Gasteiger partial charge in [0.15, 0.2) is 17.4 Å². The molecule has 2 saturated heterocycles. The average molecular weight is 770 g/mol. The van der Waals surface area contributed by atoms with Gasteiger partial charge in [0, 0.05) is 64.8 Å². The van der Waals surface area contributed by atoms with Gasteiger partial charge >= 0.3 is 6.03 Å². The molecular weight excluding hydrogens is 737 g/mol. The van der Waals surface area contributed by atoms with Crippen molar-refractivity contribution in [2.75, 3.05) is 39.3 Å². The summed E-state index contributed by atoms with van der Waals surface area (Å²) in [5.41, 5.74) is 2.51. The van der Waals surface area contributed by atoms with Gasteiger partial charge in [-0.3, -0.25) is 39.0 Å². The third-order valence-electron chi connectivity index (χ3n) is 9.41. The number of rotatable bonds is 10. The van der Waals surface area contributed by atoms with Crippen LogP contribution in [0.5, 0.6) is 0 Å². The number of carbonyl (C=O) groups excluding carboxylic acids is 5. The average Bonchev–Trinajstić information content (AvgIpc) is 3.74. The summed E-state index contributed by atoms with van der Waals surface area (Å²) in [7, 11) is 1.67. The maximum absolute atomic E-state index is 14.1. The van der Waals surface area contributed by atoms with E-state index < -0.39 is 47.3 Å². The van der Waals surface area contributed by atoms with E-state index in [0.29, 0.717) is 61.1 Å². The Bertz CT molecular complexity index is 2130. The molecule has 2 aromatic carbocycles. The van der Waals surface area contributed by atoms with Crippen molar-refractivity contribution >= 4 is 52.9 Å². The second-order valence-electron chi connectivity index (χ2n) is 13.0. The Morgan fingerprint density at radius 1 is 0.906 bits per heavy atom. The highest BCUT2D eigenvalue weighted by Gasteiger charge is 2.43. The van der Waals surface area contributed by atoms with Crippen LogP contribution in [0.25, 0.3) is 11.3 Å². The van der Waals surface area contributed by atoms with Gasteiger partial charge in [-0.15, -0.1) is 0 Å². The van der Waals surface area contributed by atoms with Crippen LogP contribution in [0.1, 0.15) is 48.8 Å². The highest BCUT2D eigenvalue weighted by Crippen LogP contribution is 2.35. The number of amides is 6. The zero-order valence-corrected chi connectivity index (χ0v) is 29.7. The lowest BCUT2D eigenvalue weighted by Gasteiger charge is -2.36. The summed E-state index contributed by atoms with van der Waals surface area (Å²) >= 11 is 12.6. The molecule has 7 rings (SSSR count). The van der Waals surface area contributed by atoms with Gasteiger partial charge in [0.2, 0.25) is 11.1 Å². The van der Waals surface area contributed by atoms with E-state index in [9.17, 15) is 32.8 Å². The van der Waals surface area contributed by atoms with Gasteiger partial charge in [-0.25, -0.2) is 18.6 Å². The molecule has 4 aromatic rings. The highest BCUT2D eigenvalue weighted by atomic mass is 35.5. The molecule has 276 valence electrons. The third kappa shape index (κ3) is 7.40. The van der Waals surface area contributed by atoms with Gasteiger partial charge in [-0.05, 0) is 53.4 Å². The smallest absolute Gasteiger partial charge is 0.343 e. The minimum atomic E-state index is -0.990. The molecule has 0 saturated carbocycles. The van der Waals surface area contributed by atoms with Crippen molar-refractivity contribution in [3.8, 4) is 11.3 Å². The van der Waals surface area contributed by atoms with Crippen molar-refractivity contribution in [1.29, 1.82) is 0 Å². The molecule has 2 N–H and O–H groups in total. The van der Waals surface area contributed by atoms with E-state index in [1.807, 2.05) is 0 Å². The van der Waals surface area contributed by atoms with Crippen molar-refractivity contribution < 1.29 is 37.2 Å². The number of aryl methyl sites for hydroxylation is 1. The van der Waals surface area contributed by atoms with Gasteiger partial charge in [-0.2, -0.15) is 10.1 Å². The van der Waals surface area contributed by atoms with Gasteiger partial charge in [0.05, 0.1) is 40.1 Å². The molecule has 14 nitrogen and oxygen atoms in total. The Morgan fingerprint density at radius 2 is 1.62 bits per heavy atom. The minimum Gasteiger partial charge on any atom is -0.439 e. The number of urea groups is 1. The Kier molecular flexibility index (Phi) is 10.0. The van der Waals surface area contributed by atoms with E-state index in [-0.39, 0.29) is 41.5 Å².